The van der Waals surface area contributed by atoms with E-state index in [0.717, 1.165) is 27.7 Å². The molecular formula is C26H25N3OS. The number of aryl methyl sites for hydroxylation is 3. The van der Waals surface area contributed by atoms with Gasteiger partial charge in [-0.05, 0) is 55.2 Å². The highest BCUT2D eigenvalue weighted by atomic mass is 32.1. The maximum Gasteiger partial charge on any atom is 0.203 e. The van der Waals surface area contributed by atoms with Gasteiger partial charge in [0.25, 0.3) is 0 Å². The van der Waals surface area contributed by atoms with E-state index in [4.69, 9.17) is 9.72 Å². The minimum atomic E-state index is 0.541. The summed E-state index contributed by atoms with van der Waals surface area (Å²) in [6.07, 6.45) is 1.78. The van der Waals surface area contributed by atoms with Crippen molar-refractivity contribution in [3.05, 3.63) is 99.9 Å². The molecule has 0 fully saturated rings. The Labute approximate surface area is 187 Å². The number of hydrogen-bond acceptors (Lipinski definition) is 5. The summed E-state index contributed by atoms with van der Waals surface area (Å²) in [5, 5.41) is 7.19. The SMILES string of the molecule is Cc1cc(C)c(-c2csc(N/N=C\c3cccc(OCc4ccccc4)c3)n2)c(C)c1. The number of rotatable bonds is 7. The van der Waals surface area contributed by atoms with Crippen LogP contribution in [0.15, 0.2) is 77.2 Å². The molecule has 0 saturated carbocycles. The molecule has 0 radical (unpaired) electrons. The van der Waals surface area contributed by atoms with Crippen LogP contribution in [-0.2, 0) is 6.61 Å². The van der Waals surface area contributed by atoms with Crippen molar-refractivity contribution in [2.24, 2.45) is 5.10 Å². The Morgan fingerprint density at radius 3 is 2.52 bits per heavy atom. The van der Waals surface area contributed by atoms with E-state index in [9.17, 15) is 0 Å². The van der Waals surface area contributed by atoms with Crippen molar-refractivity contribution in [3.8, 4) is 17.0 Å². The maximum atomic E-state index is 5.89. The van der Waals surface area contributed by atoms with Gasteiger partial charge >= 0.3 is 0 Å². The molecule has 0 saturated heterocycles. The van der Waals surface area contributed by atoms with Gasteiger partial charge in [-0.15, -0.1) is 11.3 Å². The van der Waals surface area contributed by atoms with Gasteiger partial charge in [0.15, 0.2) is 0 Å². The van der Waals surface area contributed by atoms with Gasteiger partial charge in [0.1, 0.15) is 12.4 Å². The van der Waals surface area contributed by atoms with E-state index in [1.165, 1.54) is 22.3 Å². The Morgan fingerprint density at radius 1 is 0.968 bits per heavy atom. The Balaban J connectivity index is 1.39. The number of nitrogens with zero attached hydrogens (tertiary/aromatic N) is 2. The van der Waals surface area contributed by atoms with Crippen LogP contribution in [0.4, 0.5) is 5.13 Å². The van der Waals surface area contributed by atoms with Gasteiger partial charge in [-0.1, -0.05) is 60.2 Å². The molecule has 0 aliphatic heterocycles. The summed E-state index contributed by atoms with van der Waals surface area (Å²) >= 11 is 1.55. The van der Waals surface area contributed by atoms with E-state index >= 15 is 0 Å². The number of thiazole rings is 1. The monoisotopic (exact) mass is 427 g/mol. The van der Waals surface area contributed by atoms with Crippen LogP contribution in [0.3, 0.4) is 0 Å². The van der Waals surface area contributed by atoms with Gasteiger partial charge in [0.05, 0.1) is 11.9 Å². The van der Waals surface area contributed by atoms with E-state index in [1.54, 1.807) is 17.6 Å². The smallest absolute Gasteiger partial charge is 0.203 e. The van der Waals surface area contributed by atoms with E-state index in [-0.39, 0.29) is 0 Å². The number of nitrogens with one attached hydrogen (secondary N) is 1. The molecule has 0 bridgehead atoms. The molecule has 1 heterocycles. The third-order valence-electron chi connectivity index (χ3n) is 4.92. The summed E-state index contributed by atoms with van der Waals surface area (Å²) in [5.74, 6) is 0.814. The fourth-order valence-corrected chi connectivity index (χ4v) is 4.26. The summed E-state index contributed by atoms with van der Waals surface area (Å²) in [4.78, 5) is 4.71. The molecule has 0 aliphatic carbocycles. The van der Waals surface area contributed by atoms with Crippen molar-refractivity contribution in [2.75, 3.05) is 5.43 Å². The van der Waals surface area contributed by atoms with E-state index in [0.29, 0.717) is 6.61 Å². The topological polar surface area (TPSA) is 46.5 Å². The molecule has 1 N–H and O–H groups in total. The molecule has 0 aliphatic rings. The lowest BCUT2D eigenvalue weighted by Crippen LogP contribution is -1.96. The zero-order valence-electron chi connectivity index (χ0n) is 17.9. The standard InChI is InChI=1S/C26H25N3OS/c1-18-12-19(2)25(20(3)13-18)24-17-31-26(28-24)29-27-15-22-10-7-11-23(14-22)30-16-21-8-5-4-6-9-21/h4-15,17H,16H2,1-3H3,(H,28,29)/b27-15-. The largest absolute Gasteiger partial charge is 0.489 e. The molecule has 3 aromatic carbocycles. The van der Waals surface area contributed by atoms with Crippen molar-refractivity contribution in [3.63, 3.8) is 0 Å². The van der Waals surface area contributed by atoms with Gasteiger partial charge in [0, 0.05) is 10.9 Å². The third-order valence-corrected chi connectivity index (χ3v) is 5.66. The van der Waals surface area contributed by atoms with E-state index in [2.05, 4.69) is 60.9 Å². The van der Waals surface area contributed by atoms with E-state index < -0.39 is 0 Å². The predicted molar refractivity (Wildman–Crippen MR) is 130 cm³/mol. The average molecular weight is 428 g/mol. The molecule has 0 unspecified atom stereocenters. The summed E-state index contributed by atoms with van der Waals surface area (Å²) < 4.78 is 5.89. The van der Waals surface area contributed by atoms with Crippen molar-refractivity contribution in [2.45, 2.75) is 27.4 Å². The van der Waals surface area contributed by atoms with Crippen molar-refractivity contribution < 1.29 is 4.74 Å². The molecule has 31 heavy (non-hydrogen) atoms. The summed E-state index contributed by atoms with van der Waals surface area (Å²) in [7, 11) is 0. The van der Waals surface area contributed by atoms with Gasteiger partial charge in [-0.25, -0.2) is 4.98 Å². The lowest BCUT2D eigenvalue weighted by atomic mass is 9.98. The molecule has 156 valence electrons. The van der Waals surface area contributed by atoms with Crippen LogP contribution < -0.4 is 10.2 Å². The molecule has 0 amide bonds. The zero-order chi connectivity index (χ0) is 21.6. The highest BCUT2D eigenvalue weighted by Crippen LogP contribution is 2.31. The van der Waals surface area contributed by atoms with Gasteiger partial charge in [-0.2, -0.15) is 5.10 Å². The average Bonchev–Trinajstić information content (AvgIpc) is 3.21. The number of ether oxygens (including phenoxy) is 1. The second-order valence-electron chi connectivity index (χ2n) is 7.53. The fraction of sp³-hybridized carbons (Fsp3) is 0.154. The number of benzene rings is 3. The Bertz CT molecular complexity index is 1180. The van der Waals surface area contributed by atoms with Crippen LogP contribution in [0.5, 0.6) is 5.75 Å². The summed E-state index contributed by atoms with van der Waals surface area (Å²) in [6.45, 7) is 6.92. The quantitative estimate of drug-likeness (QED) is 0.262. The van der Waals surface area contributed by atoms with Crippen LogP contribution in [0, 0.1) is 20.8 Å². The van der Waals surface area contributed by atoms with E-state index in [1.807, 2.05) is 42.5 Å². The molecule has 4 rings (SSSR count). The molecular weight excluding hydrogens is 402 g/mol. The molecule has 4 nitrogen and oxygen atoms in total. The molecule has 4 aromatic rings. The second kappa shape index (κ2) is 9.58. The Kier molecular flexibility index (Phi) is 6.43. The number of hydrazone groups is 1. The molecule has 5 heteroatoms. The molecule has 0 atom stereocenters. The van der Waals surface area contributed by atoms with Crippen molar-refractivity contribution in [1.82, 2.24) is 4.98 Å². The Morgan fingerprint density at radius 2 is 1.74 bits per heavy atom. The Hall–Kier alpha value is -3.44. The maximum absolute atomic E-state index is 5.89. The second-order valence-corrected chi connectivity index (χ2v) is 8.39. The highest BCUT2D eigenvalue weighted by molar-refractivity contribution is 7.14. The van der Waals surface area contributed by atoms with Gasteiger partial charge in [-0.3, -0.25) is 5.43 Å². The normalized spacial score (nSPS) is 11.1. The first-order chi connectivity index (χ1) is 15.1. The first-order valence-corrected chi connectivity index (χ1v) is 11.1. The van der Waals surface area contributed by atoms with Crippen LogP contribution in [0.1, 0.15) is 27.8 Å². The zero-order valence-corrected chi connectivity index (χ0v) is 18.7. The third kappa shape index (κ3) is 5.38. The minimum absolute atomic E-state index is 0.541. The lowest BCUT2D eigenvalue weighted by molar-refractivity contribution is 0.306. The minimum Gasteiger partial charge on any atom is -0.489 e. The van der Waals surface area contributed by atoms with Crippen LogP contribution in [-0.4, -0.2) is 11.2 Å². The number of anilines is 1. The number of hydrogen-bond donors (Lipinski definition) is 1. The number of aromatic nitrogens is 1. The van der Waals surface area contributed by atoms with Gasteiger partial charge < -0.3 is 4.74 Å². The van der Waals surface area contributed by atoms with Crippen LogP contribution in [0.2, 0.25) is 0 Å². The predicted octanol–water partition coefficient (Wildman–Crippen LogP) is 6.76. The van der Waals surface area contributed by atoms with Crippen LogP contribution in [0.25, 0.3) is 11.3 Å². The molecule has 1 aromatic heterocycles. The van der Waals surface area contributed by atoms with Crippen molar-refractivity contribution in [1.29, 1.82) is 0 Å². The van der Waals surface area contributed by atoms with Gasteiger partial charge in [0.2, 0.25) is 5.13 Å². The first-order valence-electron chi connectivity index (χ1n) is 10.2. The molecule has 0 spiro atoms. The fourth-order valence-electron chi connectivity index (χ4n) is 3.61. The highest BCUT2D eigenvalue weighted by Gasteiger charge is 2.10. The first kappa shape index (κ1) is 20.8. The van der Waals surface area contributed by atoms with Crippen molar-refractivity contribution >= 4 is 22.7 Å². The van der Waals surface area contributed by atoms with Crippen LogP contribution >= 0.6 is 11.3 Å². The summed E-state index contributed by atoms with van der Waals surface area (Å²) in [5.41, 5.74) is 11.1. The summed E-state index contributed by atoms with van der Waals surface area (Å²) in [6, 6.07) is 22.4. The lowest BCUT2D eigenvalue weighted by Gasteiger charge is -2.08.